The Morgan fingerprint density at radius 2 is 2.16 bits per heavy atom. The number of nitrogens with one attached hydrogen (secondary N) is 1. The molecule has 1 atom stereocenters. The number of aliphatic hydroxyl groups is 1. The van der Waals surface area contributed by atoms with Crippen LogP contribution >= 0.6 is 0 Å². The fourth-order valence-electron chi connectivity index (χ4n) is 2.41. The molecule has 0 saturated heterocycles. The Morgan fingerprint density at radius 1 is 1.42 bits per heavy atom. The molecule has 0 heterocycles. The van der Waals surface area contributed by atoms with Crippen LogP contribution in [0.25, 0.3) is 0 Å². The zero-order valence-electron chi connectivity index (χ0n) is 11.4. The average Bonchev–Trinajstić information content (AvgIpc) is 2.88. The largest absolute Gasteiger partial charge is 0.389 e. The third kappa shape index (κ3) is 4.48. The highest BCUT2D eigenvalue weighted by Gasteiger charge is 2.16. The van der Waals surface area contributed by atoms with Gasteiger partial charge < -0.3 is 15.2 Å². The summed E-state index contributed by atoms with van der Waals surface area (Å²) in [5.74, 6) is -0.242. The van der Waals surface area contributed by atoms with Crippen molar-refractivity contribution in [2.45, 2.75) is 44.8 Å². The molecule has 1 aliphatic carbocycles. The number of hydrogen-bond donors (Lipinski definition) is 2. The smallest absolute Gasteiger partial charge is 0.123 e. The van der Waals surface area contributed by atoms with Gasteiger partial charge in [0.15, 0.2) is 0 Å². The van der Waals surface area contributed by atoms with Crippen LogP contribution in [0.4, 0.5) is 10.1 Å². The van der Waals surface area contributed by atoms with E-state index in [4.69, 9.17) is 4.74 Å². The molecule has 106 valence electrons. The van der Waals surface area contributed by atoms with Crippen LogP contribution in [-0.4, -0.2) is 30.5 Å². The molecule has 19 heavy (non-hydrogen) atoms. The summed E-state index contributed by atoms with van der Waals surface area (Å²) < 4.78 is 18.6. The van der Waals surface area contributed by atoms with Gasteiger partial charge in [-0.15, -0.1) is 0 Å². The molecule has 1 aromatic rings. The lowest BCUT2D eigenvalue weighted by Crippen LogP contribution is -2.27. The Hall–Kier alpha value is -1.13. The maximum Gasteiger partial charge on any atom is 0.123 e. The zero-order chi connectivity index (χ0) is 13.7. The van der Waals surface area contributed by atoms with Crippen LogP contribution in [0.5, 0.6) is 0 Å². The molecular weight excluding hydrogens is 245 g/mol. The Morgan fingerprint density at radius 3 is 2.84 bits per heavy atom. The summed E-state index contributed by atoms with van der Waals surface area (Å²) in [4.78, 5) is 0. The SMILES string of the molecule is Cc1cc(F)ccc1NCC(O)COC1CCCC1. The van der Waals surface area contributed by atoms with Gasteiger partial charge in [0, 0.05) is 12.2 Å². The molecule has 4 heteroatoms. The van der Waals surface area contributed by atoms with Crippen LogP contribution in [0.1, 0.15) is 31.2 Å². The summed E-state index contributed by atoms with van der Waals surface area (Å²) in [6, 6.07) is 4.58. The number of rotatable bonds is 6. The first kappa shape index (κ1) is 14.3. The minimum atomic E-state index is -0.537. The first-order valence-electron chi connectivity index (χ1n) is 6.95. The molecule has 1 aliphatic rings. The van der Waals surface area contributed by atoms with Gasteiger partial charge >= 0.3 is 0 Å². The van der Waals surface area contributed by atoms with Gasteiger partial charge in [-0.3, -0.25) is 0 Å². The molecule has 2 N–H and O–H groups in total. The number of ether oxygens (including phenoxy) is 1. The van der Waals surface area contributed by atoms with E-state index >= 15 is 0 Å². The van der Waals surface area contributed by atoms with E-state index in [1.54, 1.807) is 6.07 Å². The molecule has 0 radical (unpaired) electrons. The second-order valence-electron chi connectivity index (χ2n) is 5.23. The Bertz CT molecular complexity index is 405. The van der Waals surface area contributed by atoms with Gasteiger partial charge in [0.1, 0.15) is 5.82 Å². The van der Waals surface area contributed by atoms with Gasteiger partial charge in [-0.1, -0.05) is 12.8 Å². The topological polar surface area (TPSA) is 41.5 Å². The standard InChI is InChI=1S/C15H22FNO2/c1-11-8-12(16)6-7-15(11)17-9-13(18)10-19-14-4-2-3-5-14/h6-8,13-14,17-18H,2-5,9-10H2,1H3. The first-order valence-corrected chi connectivity index (χ1v) is 6.95. The van der Waals surface area contributed by atoms with E-state index in [1.807, 2.05) is 6.92 Å². The fourth-order valence-corrected chi connectivity index (χ4v) is 2.41. The number of benzene rings is 1. The van der Waals surface area contributed by atoms with Crippen molar-refractivity contribution in [2.75, 3.05) is 18.5 Å². The summed E-state index contributed by atoms with van der Waals surface area (Å²) in [6.45, 7) is 2.62. The van der Waals surface area contributed by atoms with E-state index in [2.05, 4.69) is 5.32 Å². The quantitative estimate of drug-likeness (QED) is 0.832. The zero-order valence-corrected chi connectivity index (χ0v) is 11.4. The molecular formula is C15H22FNO2. The highest BCUT2D eigenvalue weighted by molar-refractivity contribution is 5.50. The Balaban J connectivity index is 1.71. The number of hydrogen-bond acceptors (Lipinski definition) is 3. The predicted octanol–water partition coefficient (Wildman–Crippen LogP) is 2.87. The lowest BCUT2D eigenvalue weighted by atomic mass is 10.2. The van der Waals surface area contributed by atoms with E-state index in [9.17, 15) is 9.50 Å². The van der Waals surface area contributed by atoms with Crippen molar-refractivity contribution in [3.63, 3.8) is 0 Å². The normalized spacial score (nSPS) is 17.6. The third-order valence-electron chi connectivity index (χ3n) is 3.54. The molecule has 1 unspecified atom stereocenters. The van der Waals surface area contributed by atoms with E-state index in [0.717, 1.165) is 24.1 Å². The molecule has 0 amide bonds. The fraction of sp³-hybridized carbons (Fsp3) is 0.600. The van der Waals surface area contributed by atoms with Crippen LogP contribution < -0.4 is 5.32 Å². The molecule has 3 nitrogen and oxygen atoms in total. The van der Waals surface area contributed by atoms with Crippen LogP contribution in [-0.2, 0) is 4.74 Å². The maximum absolute atomic E-state index is 12.9. The summed E-state index contributed by atoms with van der Waals surface area (Å²) >= 11 is 0. The minimum Gasteiger partial charge on any atom is -0.389 e. The van der Waals surface area contributed by atoms with Crippen molar-refractivity contribution < 1.29 is 14.2 Å². The lowest BCUT2D eigenvalue weighted by molar-refractivity contribution is -0.00117. The van der Waals surface area contributed by atoms with E-state index in [0.29, 0.717) is 19.3 Å². The van der Waals surface area contributed by atoms with Crippen molar-refractivity contribution in [1.29, 1.82) is 0 Å². The number of halogens is 1. The van der Waals surface area contributed by atoms with Gasteiger partial charge in [-0.25, -0.2) is 4.39 Å². The number of anilines is 1. The van der Waals surface area contributed by atoms with E-state index in [1.165, 1.54) is 25.0 Å². The molecule has 0 aliphatic heterocycles. The van der Waals surface area contributed by atoms with Gasteiger partial charge in [-0.05, 0) is 43.5 Å². The molecule has 0 spiro atoms. The maximum atomic E-state index is 12.9. The highest BCUT2D eigenvalue weighted by Crippen LogP contribution is 2.21. The number of aryl methyl sites for hydroxylation is 1. The van der Waals surface area contributed by atoms with Crippen molar-refractivity contribution >= 4 is 5.69 Å². The molecule has 1 saturated carbocycles. The molecule has 2 rings (SSSR count). The third-order valence-corrected chi connectivity index (χ3v) is 3.54. The highest BCUT2D eigenvalue weighted by atomic mass is 19.1. The Labute approximate surface area is 113 Å². The van der Waals surface area contributed by atoms with E-state index < -0.39 is 6.10 Å². The van der Waals surface area contributed by atoms with Crippen molar-refractivity contribution in [2.24, 2.45) is 0 Å². The summed E-state index contributed by atoms with van der Waals surface area (Å²) in [5, 5.41) is 13.0. The van der Waals surface area contributed by atoms with Gasteiger partial charge in [0.2, 0.25) is 0 Å². The molecule has 0 bridgehead atoms. The van der Waals surface area contributed by atoms with Gasteiger partial charge in [0.05, 0.1) is 18.8 Å². The monoisotopic (exact) mass is 267 g/mol. The van der Waals surface area contributed by atoms with Crippen LogP contribution in [0, 0.1) is 12.7 Å². The number of aliphatic hydroxyl groups excluding tert-OH is 1. The Kier molecular flexibility index (Phi) is 5.16. The summed E-state index contributed by atoms with van der Waals surface area (Å²) in [7, 11) is 0. The van der Waals surface area contributed by atoms with Crippen LogP contribution in [0.3, 0.4) is 0 Å². The van der Waals surface area contributed by atoms with Crippen molar-refractivity contribution in [3.05, 3.63) is 29.6 Å². The lowest BCUT2D eigenvalue weighted by Gasteiger charge is -2.17. The average molecular weight is 267 g/mol. The van der Waals surface area contributed by atoms with Crippen molar-refractivity contribution in [1.82, 2.24) is 0 Å². The van der Waals surface area contributed by atoms with Gasteiger partial charge in [-0.2, -0.15) is 0 Å². The van der Waals surface area contributed by atoms with E-state index in [-0.39, 0.29) is 5.82 Å². The van der Waals surface area contributed by atoms with Gasteiger partial charge in [0.25, 0.3) is 0 Å². The molecule has 1 aromatic carbocycles. The minimum absolute atomic E-state index is 0.242. The second-order valence-corrected chi connectivity index (χ2v) is 5.23. The first-order chi connectivity index (χ1) is 9.15. The molecule has 1 fully saturated rings. The predicted molar refractivity (Wildman–Crippen MR) is 73.8 cm³/mol. The second kappa shape index (κ2) is 6.87. The summed E-state index contributed by atoms with van der Waals surface area (Å²) in [5.41, 5.74) is 1.69. The van der Waals surface area contributed by atoms with Crippen LogP contribution in [0.15, 0.2) is 18.2 Å². The van der Waals surface area contributed by atoms with Crippen LogP contribution in [0.2, 0.25) is 0 Å². The summed E-state index contributed by atoms with van der Waals surface area (Å²) in [6.07, 6.45) is 4.46. The molecule has 0 aromatic heterocycles. The van der Waals surface area contributed by atoms with Crippen molar-refractivity contribution in [3.8, 4) is 0 Å².